The topological polar surface area (TPSA) is 180 Å². The van der Waals surface area contributed by atoms with Crippen LogP contribution in [0.25, 0.3) is 33.4 Å². The SMILES string of the molecule is NCc1ccc(C(=O)NCc2c(O)ccc3c(-c4cc(C(=O)O)ccc4C(=O)O)c4ccc(=O)cc-4oc23)cc1. The van der Waals surface area contributed by atoms with Gasteiger partial charge in [-0.05, 0) is 65.7 Å². The first-order chi connectivity index (χ1) is 19.2. The summed E-state index contributed by atoms with van der Waals surface area (Å²) in [4.78, 5) is 48.9. The maximum absolute atomic E-state index is 12.8. The number of aromatic hydroxyl groups is 1. The summed E-state index contributed by atoms with van der Waals surface area (Å²) in [6.07, 6.45) is 0. The van der Waals surface area contributed by atoms with Crippen molar-refractivity contribution in [2.75, 3.05) is 0 Å². The van der Waals surface area contributed by atoms with E-state index in [0.29, 0.717) is 28.6 Å². The van der Waals surface area contributed by atoms with Crippen LogP contribution in [0.2, 0.25) is 0 Å². The predicted octanol–water partition coefficient (Wildman–Crippen LogP) is 4.06. The van der Waals surface area contributed by atoms with Crippen molar-refractivity contribution in [3.8, 4) is 28.2 Å². The summed E-state index contributed by atoms with van der Waals surface area (Å²) in [6.45, 7) is 0.153. The number of hydrogen-bond donors (Lipinski definition) is 5. The molecule has 200 valence electrons. The van der Waals surface area contributed by atoms with Crippen LogP contribution in [0, 0.1) is 0 Å². The third-order valence-corrected chi connectivity index (χ3v) is 6.58. The normalized spacial score (nSPS) is 11.0. The summed E-state index contributed by atoms with van der Waals surface area (Å²) >= 11 is 0. The lowest BCUT2D eigenvalue weighted by atomic mass is 9.89. The van der Waals surface area contributed by atoms with E-state index in [4.69, 9.17) is 10.2 Å². The Hall–Kier alpha value is -5.48. The summed E-state index contributed by atoms with van der Waals surface area (Å²) < 4.78 is 6.06. The molecule has 3 aromatic carbocycles. The van der Waals surface area contributed by atoms with Crippen LogP contribution in [-0.4, -0.2) is 33.2 Å². The standard InChI is InChI=1S/C30H22N2O8/c31-13-15-1-3-16(4-2-15)28(35)32-14-23-24(34)10-9-21-26(20-8-6-18(33)12-25(20)40-27(21)23)22-11-17(29(36)37)5-7-19(22)30(38)39/h1-12,34H,13-14,31H2,(H,32,35)(H,36,37)(H,38,39). The summed E-state index contributed by atoms with van der Waals surface area (Å²) in [5, 5.41) is 33.3. The van der Waals surface area contributed by atoms with Gasteiger partial charge in [-0.1, -0.05) is 12.1 Å². The molecular formula is C30H22N2O8. The van der Waals surface area contributed by atoms with Gasteiger partial charge < -0.3 is 30.8 Å². The van der Waals surface area contributed by atoms with E-state index in [1.807, 2.05) is 0 Å². The van der Waals surface area contributed by atoms with E-state index in [0.717, 1.165) is 5.56 Å². The van der Waals surface area contributed by atoms with Gasteiger partial charge in [0.05, 0.1) is 23.2 Å². The molecule has 40 heavy (non-hydrogen) atoms. The van der Waals surface area contributed by atoms with Gasteiger partial charge in [-0.2, -0.15) is 0 Å². The number of fused-ring (bicyclic) bond motifs is 2. The molecule has 0 spiro atoms. The highest BCUT2D eigenvalue weighted by Crippen LogP contribution is 2.43. The van der Waals surface area contributed by atoms with E-state index >= 15 is 0 Å². The minimum Gasteiger partial charge on any atom is -0.507 e. The second-order valence-corrected chi connectivity index (χ2v) is 9.03. The number of benzene rings is 4. The van der Waals surface area contributed by atoms with E-state index in [2.05, 4.69) is 5.32 Å². The van der Waals surface area contributed by atoms with Gasteiger partial charge in [-0.3, -0.25) is 9.59 Å². The molecule has 0 bridgehead atoms. The van der Waals surface area contributed by atoms with Gasteiger partial charge in [-0.25, -0.2) is 9.59 Å². The van der Waals surface area contributed by atoms with Crippen molar-refractivity contribution >= 4 is 28.8 Å². The zero-order valence-electron chi connectivity index (χ0n) is 20.8. The molecule has 5 rings (SSSR count). The molecule has 0 atom stereocenters. The molecule has 10 heteroatoms. The van der Waals surface area contributed by atoms with Crippen LogP contribution in [-0.2, 0) is 13.1 Å². The Balaban J connectivity index is 1.72. The van der Waals surface area contributed by atoms with Gasteiger partial charge >= 0.3 is 11.9 Å². The molecule has 1 aliphatic heterocycles. The molecule has 0 unspecified atom stereocenters. The van der Waals surface area contributed by atoms with Crippen LogP contribution in [0.1, 0.15) is 42.2 Å². The first-order valence-corrected chi connectivity index (χ1v) is 12.1. The molecule has 0 aromatic heterocycles. The number of amides is 1. The number of carboxylic acids is 2. The van der Waals surface area contributed by atoms with Crippen molar-refractivity contribution in [3.05, 3.63) is 111 Å². The fraction of sp³-hybridized carbons (Fsp3) is 0.0667. The average molecular weight is 539 g/mol. The van der Waals surface area contributed by atoms with E-state index in [-0.39, 0.29) is 51.3 Å². The molecule has 10 nitrogen and oxygen atoms in total. The molecule has 0 saturated heterocycles. The Kier molecular flexibility index (Phi) is 6.76. The largest absolute Gasteiger partial charge is 0.507 e. The van der Waals surface area contributed by atoms with E-state index in [1.54, 1.807) is 24.3 Å². The molecule has 0 saturated carbocycles. The molecule has 0 radical (unpaired) electrons. The van der Waals surface area contributed by atoms with Gasteiger partial charge in [0.2, 0.25) is 0 Å². The van der Waals surface area contributed by atoms with Crippen molar-refractivity contribution in [1.82, 2.24) is 5.32 Å². The Morgan fingerprint density at radius 1 is 0.825 bits per heavy atom. The minimum absolute atomic E-state index is 0.0810. The van der Waals surface area contributed by atoms with Gasteiger partial charge in [-0.15, -0.1) is 0 Å². The maximum Gasteiger partial charge on any atom is 0.336 e. The number of phenols is 1. The van der Waals surface area contributed by atoms with Gasteiger partial charge in [0.25, 0.3) is 5.91 Å². The highest BCUT2D eigenvalue weighted by Gasteiger charge is 2.25. The zero-order valence-corrected chi connectivity index (χ0v) is 20.8. The summed E-state index contributed by atoms with van der Waals surface area (Å²) in [6, 6.07) is 17.2. The average Bonchev–Trinajstić information content (AvgIpc) is 2.94. The zero-order chi connectivity index (χ0) is 28.6. The maximum atomic E-state index is 12.8. The first-order valence-electron chi connectivity index (χ1n) is 12.1. The molecule has 1 heterocycles. The van der Waals surface area contributed by atoms with Crippen molar-refractivity contribution in [3.63, 3.8) is 0 Å². The van der Waals surface area contributed by atoms with Crippen molar-refractivity contribution in [2.24, 2.45) is 5.73 Å². The second kappa shape index (κ2) is 10.4. The Labute approximate surface area is 226 Å². The number of nitrogens with one attached hydrogen (secondary N) is 1. The molecule has 1 amide bonds. The minimum atomic E-state index is -1.29. The predicted molar refractivity (Wildman–Crippen MR) is 146 cm³/mol. The third-order valence-electron chi connectivity index (χ3n) is 6.58. The van der Waals surface area contributed by atoms with Gasteiger partial charge in [0.1, 0.15) is 17.1 Å². The van der Waals surface area contributed by atoms with Crippen LogP contribution in [0.15, 0.2) is 82.0 Å². The number of rotatable bonds is 7. The Morgan fingerprint density at radius 3 is 2.23 bits per heavy atom. The Bertz CT molecular complexity index is 1840. The lowest BCUT2D eigenvalue weighted by molar-refractivity contribution is 0.0682. The summed E-state index contributed by atoms with van der Waals surface area (Å²) in [7, 11) is 0. The van der Waals surface area contributed by atoms with Crippen LogP contribution in [0.5, 0.6) is 5.75 Å². The number of carbonyl (C=O) groups excluding carboxylic acids is 1. The highest BCUT2D eigenvalue weighted by molar-refractivity contribution is 6.09. The molecule has 2 aliphatic rings. The first kappa shape index (κ1) is 26.1. The second-order valence-electron chi connectivity index (χ2n) is 9.03. The number of phenolic OH excluding ortho intramolecular Hbond substituents is 1. The van der Waals surface area contributed by atoms with Crippen molar-refractivity contribution in [1.29, 1.82) is 0 Å². The number of carboxylic acid groups (broad SMARTS) is 2. The number of nitrogens with two attached hydrogens (primary N) is 1. The van der Waals surface area contributed by atoms with Crippen molar-refractivity contribution < 1.29 is 34.1 Å². The quantitative estimate of drug-likeness (QED) is 0.191. The monoisotopic (exact) mass is 538 g/mol. The van der Waals surface area contributed by atoms with Crippen LogP contribution in [0.4, 0.5) is 0 Å². The van der Waals surface area contributed by atoms with Gasteiger partial charge in [0.15, 0.2) is 5.43 Å². The van der Waals surface area contributed by atoms with E-state index in [9.17, 15) is 34.5 Å². The number of aromatic carboxylic acids is 2. The third kappa shape index (κ3) is 4.74. The van der Waals surface area contributed by atoms with E-state index in [1.165, 1.54) is 48.5 Å². The fourth-order valence-corrected chi connectivity index (χ4v) is 4.57. The smallest absolute Gasteiger partial charge is 0.336 e. The molecule has 1 aliphatic carbocycles. The van der Waals surface area contributed by atoms with Crippen LogP contribution < -0.4 is 16.5 Å². The van der Waals surface area contributed by atoms with Gasteiger partial charge in [0, 0.05) is 34.7 Å². The van der Waals surface area contributed by atoms with Crippen LogP contribution in [0.3, 0.4) is 0 Å². The fourth-order valence-electron chi connectivity index (χ4n) is 4.57. The van der Waals surface area contributed by atoms with Crippen LogP contribution >= 0.6 is 0 Å². The summed E-state index contributed by atoms with van der Waals surface area (Å²) in [5.41, 5.74) is 7.13. The molecule has 3 aromatic rings. The highest BCUT2D eigenvalue weighted by atomic mass is 16.4. The Morgan fingerprint density at radius 2 is 1.55 bits per heavy atom. The number of carbonyl (C=O) groups is 3. The lowest BCUT2D eigenvalue weighted by Gasteiger charge is -2.19. The molecular weight excluding hydrogens is 516 g/mol. The summed E-state index contributed by atoms with van der Waals surface area (Å²) in [5.74, 6) is -3.10. The van der Waals surface area contributed by atoms with Crippen molar-refractivity contribution in [2.45, 2.75) is 13.1 Å². The number of hydrogen-bond acceptors (Lipinski definition) is 7. The molecule has 0 fully saturated rings. The van der Waals surface area contributed by atoms with E-state index < -0.39 is 17.8 Å². The lowest BCUT2D eigenvalue weighted by Crippen LogP contribution is -2.23. The molecule has 6 N–H and O–H groups in total.